The molecule has 2 heterocycles. The number of aromatic nitrogens is 2. The van der Waals surface area contributed by atoms with Crippen LogP contribution in [0.1, 0.15) is 0 Å². The van der Waals surface area contributed by atoms with Gasteiger partial charge in [0.1, 0.15) is 27.8 Å². The van der Waals surface area contributed by atoms with Crippen LogP contribution in [0.2, 0.25) is 0 Å². The highest BCUT2D eigenvalue weighted by atomic mass is 32.2. The summed E-state index contributed by atoms with van der Waals surface area (Å²) in [6, 6.07) is 4.82. The van der Waals surface area contributed by atoms with E-state index in [1.807, 2.05) is 4.90 Å². The van der Waals surface area contributed by atoms with Crippen LogP contribution in [0, 0.1) is 5.82 Å². The second-order valence-corrected chi connectivity index (χ2v) is 8.05. The van der Waals surface area contributed by atoms with Gasteiger partial charge in [0.15, 0.2) is 0 Å². The lowest BCUT2D eigenvalue weighted by atomic mass is 10.2. The van der Waals surface area contributed by atoms with Gasteiger partial charge in [0.05, 0.1) is 16.7 Å². The lowest BCUT2D eigenvalue weighted by Gasteiger charge is -2.35. The van der Waals surface area contributed by atoms with Crippen LogP contribution in [0.25, 0.3) is 10.9 Å². The van der Waals surface area contributed by atoms with Crippen molar-refractivity contribution in [2.24, 2.45) is 0 Å². The zero-order valence-corrected chi connectivity index (χ0v) is 13.8. The van der Waals surface area contributed by atoms with E-state index in [1.54, 1.807) is 12.1 Å². The van der Waals surface area contributed by atoms with Gasteiger partial charge in [0.2, 0.25) is 0 Å². The average molecular weight is 338 g/mol. The smallest absolute Gasteiger partial charge is 0.148 e. The lowest BCUT2D eigenvalue weighted by molar-refractivity contribution is 0.271. The first-order chi connectivity index (χ1) is 10.9. The summed E-state index contributed by atoms with van der Waals surface area (Å²) in [5.41, 5.74) is 0.592. The maximum absolute atomic E-state index is 14.1. The zero-order valence-electron chi connectivity index (χ0n) is 12.9. The highest BCUT2D eigenvalue weighted by Crippen LogP contribution is 2.26. The molecule has 0 radical (unpaired) electrons. The van der Waals surface area contributed by atoms with Crippen molar-refractivity contribution in [1.29, 1.82) is 0 Å². The summed E-state index contributed by atoms with van der Waals surface area (Å²) < 4.78 is 36.6. The number of benzene rings is 1. The van der Waals surface area contributed by atoms with Gasteiger partial charge in [-0.3, -0.25) is 4.90 Å². The van der Waals surface area contributed by atoms with Gasteiger partial charge in [-0.05, 0) is 12.1 Å². The fraction of sp³-hybridized carbons (Fsp3) is 0.467. The number of anilines is 1. The van der Waals surface area contributed by atoms with Gasteiger partial charge < -0.3 is 4.90 Å². The van der Waals surface area contributed by atoms with Crippen LogP contribution in [-0.2, 0) is 9.84 Å². The van der Waals surface area contributed by atoms with Crippen molar-refractivity contribution in [2.75, 3.05) is 49.6 Å². The zero-order chi connectivity index (χ0) is 16.4. The summed E-state index contributed by atoms with van der Waals surface area (Å²) in [5, 5.41) is 0.444. The van der Waals surface area contributed by atoms with E-state index in [0.29, 0.717) is 36.4 Å². The number of hydrogen-bond donors (Lipinski definition) is 0. The highest BCUT2D eigenvalue weighted by molar-refractivity contribution is 7.90. The van der Waals surface area contributed by atoms with E-state index >= 15 is 0 Å². The van der Waals surface area contributed by atoms with E-state index in [9.17, 15) is 12.8 Å². The molecule has 124 valence electrons. The molecule has 6 nitrogen and oxygen atoms in total. The third-order valence-corrected chi connectivity index (χ3v) is 4.97. The summed E-state index contributed by atoms with van der Waals surface area (Å²) in [7, 11) is -2.95. The topological polar surface area (TPSA) is 66.4 Å². The number of sulfone groups is 1. The van der Waals surface area contributed by atoms with Gasteiger partial charge >= 0.3 is 0 Å². The molecule has 0 saturated carbocycles. The number of nitrogens with zero attached hydrogens (tertiary/aromatic N) is 4. The molecule has 23 heavy (non-hydrogen) atoms. The first-order valence-corrected chi connectivity index (χ1v) is 9.54. The molecule has 0 amide bonds. The van der Waals surface area contributed by atoms with Crippen LogP contribution >= 0.6 is 0 Å². The molecule has 2 aromatic rings. The Kier molecular flexibility index (Phi) is 4.45. The molecule has 0 bridgehead atoms. The molecule has 1 saturated heterocycles. The van der Waals surface area contributed by atoms with E-state index in [0.717, 1.165) is 13.1 Å². The molecule has 1 aliphatic heterocycles. The first kappa shape index (κ1) is 16.1. The Morgan fingerprint density at radius 2 is 1.91 bits per heavy atom. The predicted octanol–water partition coefficient (Wildman–Crippen LogP) is 0.936. The number of rotatable bonds is 4. The van der Waals surface area contributed by atoms with Gasteiger partial charge in [-0.2, -0.15) is 0 Å². The van der Waals surface area contributed by atoms with Gasteiger partial charge in [-0.25, -0.2) is 22.8 Å². The third-order valence-electron chi connectivity index (χ3n) is 4.04. The molecular weight excluding hydrogens is 319 g/mol. The Morgan fingerprint density at radius 1 is 1.17 bits per heavy atom. The van der Waals surface area contributed by atoms with Crippen LogP contribution in [0.3, 0.4) is 0 Å². The minimum absolute atomic E-state index is 0.165. The molecule has 0 unspecified atom stereocenters. The molecule has 1 aromatic heterocycles. The van der Waals surface area contributed by atoms with Crippen molar-refractivity contribution >= 4 is 26.6 Å². The predicted molar refractivity (Wildman–Crippen MR) is 87.9 cm³/mol. The highest BCUT2D eigenvalue weighted by Gasteiger charge is 2.21. The molecule has 8 heteroatoms. The standard InChI is InChI=1S/C15H19FN4O2S/c1-23(21,22)10-9-19-5-7-20(8-6-19)15-14-12(16)3-2-4-13(14)17-11-18-15/h2-4,11H,5-10H2,1H3. The molecule has 0 spiro atoms. The molecule has 0 aliphatic carbocycles. The van der Waals surface area contributed by atoms with Crippen molar-refractivity contribution in [3.05, 3.63) is 30.3 Å². The Bertz CT molecular complexity index is 799. The number of fused-ring (bicyclic) bond motifs is 1. The van der Waals surface area contributed by atoms with Crippen LogP contribution < -0.4 is 4.90 Å². The van der Waals surface area contributed by atoms with Crippen molar-refractivity contribution < 1.29 is 12.8 Å². The quantitative estimate of drug-likeness (QED) is 0.826. The Hall–Kier alpha value is -1.80. The van der Waals surface area contributed by atoms with E-state index in [2.05, 4.69) is 14.9 Å². The lowest BCUT2D eigenvalue weighted by Crippen LogP contribution is -2.48. The normalized spacial score (nSPS) is 16.9. The number of piperazine rings is 1. The third kappa shape index (κ3) is 3.76. The molecule has 3 rings (SSSR count). The minimum Gasteiger partial charge on any atom is -0.353 e. The van der Waals surface area contributed by atoms with E-state index in [1.165, 1.54) is 18.6 Å². The van der Waals surface area contributed by atoms with E-state index in [-0.39, 0.29) is 11.6 Å². The van der Waals surface area contributed by atoms with Gasteiger partial charge in [-0.1, -0.05) is 6.07 Å². The molecule has 0 N–H and O–H groups in total. The minimum atomic E-state index is -2.95. The molecular formula is C15H19FN4O2S. The fourth-order valence-electron chi connectivity index (χ4n) is 2.77. The molecule has 0 atom stereocenters. The van der Waals surface area contributed by atoms with Crippen molar-refractivity contribution in [3.8, 4) is 0 Å². The van der Waals surface area contributed by atoms with E-state index < -0.39 is 9.84 Å². The second-order valence-electron chi connectivity index (χ2n) is 5.79. The molecule has 1 fully saturated rings. The van der Waals surface area contributed by atoms with Crippen molar-refractivity contribution in [3.63, 3.8) is 0 Å². The van der Waals surface area contributed by atoms with Crippen LogP contribution in [0.5, 0.6) is 0 Å². The second kappa shape index (κ2) is 6.37. The van der Waals surface area contributed by atoms with Crippen LogP contribution in [-0.4, -0.2) is 68.0 Å². The SMILES string of the molecule is CS(=O)(=O)CCN1CCN(c2ncnc3cccc(F)c23)CC1. The van der Waals surface area contributed by atoms with Crippen LogP contribution in [0.15, 0.2) is 24.5 Å². The number of hydrogen-bond acceptors (Lipinski definition) is 6. The summed E-state index contributed by atoms with van der Waals surface area (Å²) >= 11 is 0. The van der Waals surface area contributed by atoms with Gasteiger partial charge in [0.25, 0.3) is 0 Å². The fourth-order valence-corrected chi connectivity index (χ4v) is 3.36. The van der Waals surface area contributed by atoms with Crippen LogP contribution in [0.4, 0.5) is 10.2 Å². The van der Waals surface area contributed by atoms with Gasteiger partial charge in [0, 0.05) is 39.0 Å². The summed E-state index contributed by atoms with van der Waals surface area (Å²) in [6.45, 7) is 3.37. The maximum Gasteiger partial charge on any atom is 0.148 e. The van der Waals surface area contributed by atoms with E-state index in [4.69, 9.17) is 0 Å². The Labute approximate surface area is 134 Å². The molecule has 1 aromatic carbocycles. The maximum atomic E-state index is 14.1. The van der Waals surface area contributed by atoms with Gasteiger partial charge in [-0.15, -0.1) is 0 Å². The largest absolute Gasteiger partial charge is 0.353 e. The van der Waals surface area contributed by atoms with Crippen molar-refractivity contribution in [2.45, 2.75) is 0 Å². The summed E-state index contributed by atoms with van der Waals surface area (Å²) in [5.74, 6) is 0.450. The monoisotopic (exact) mass is 338 g/mol. The average Bonchev–Trinajstić information content (AvgIpc) is 2.53. The number of halogens is 1. The summed E-state index contributed by atoms with van der Waals surface area (Å²) in [4.78, 5) is 12.5. The molecule has 1 aliphatic rings. The van der Waals surface area contributed by atoms with Crippen molar-refractivity contribution in [1.82, 2.24) is 14.9 Å². The first-order valence-electron chi connectivity index (χ1n) is 7.48. The summed E-state index contributed by atoms with van der Waals surface area (Å²) in [6.07, 6.45) is 2.70. The Balaban J connectivity index is 1.73. The Morgan fingerprint density at radius 3 is 2.61 bits per heavy atom.